The quantitative estimate of drug-likeness (QED) is 0.746. The molecule has 0 spiro atoms. The Bertz CT molecular complexity index is 1030. The molecule has 0 radical (unpaired) electrons. The average molecular weight is 390 g/mol. The lowest BCUT2D eigenvalue weighted by molar-refractivity contribution is -0.116. The van der Waals surface area contributed by atoms with E-state index in [1.807, 2.05) is 28.0 Å². The van der Waals surface area contributed by atoms with E-state index in [-0.39, 0.29) is 11.8 Å². The Morgan fingerprint density at radius 2 is 1.83 bits per heavy atom. The van der Waals surface area contributed by atoms with Crippen molar-refractivity contribution in [3.05, 3.63) is 59.5 Å². The van der Waals surface area contributed by atoms with Gasteiger partial charge in [0.1, 0.15) is 5.82 Å². The van der Waals surface area contributed by atoms with Gasteiger partial charge in [-0.25, -0.2) is 9.36 Å². The van der Waals surface area contributed by atoms with Crippen LogP contribution in [0.2, 0.25) is 0 Å². The molecule has 4 heterocycles. The number of rotatable bonds is 3. The van der Waals surface area contributed by atoms with Crippen LogP contribution in [0, 0.1) is 6.92 Å². The third-order valence-corrected chi connectivity index (χ3v) is 6.18. The predicted octanol–water partition coefficient (Wildman–Crippen LogP) is 3.12. The summed E-state index contributed by atoms with van der Waals surface area (Å²) in [5.74, 6) is 0.891. The molecular weight excluding hydrogens is 364 g/mol. The number of carbonyl (C=O) groups is 1. The summed E-state index contributed by atoms with van der Waals surface area (Å²) < 4.78 is 3.92. The van der Waals surface area contributed by atoms with Gasteiger partial charge in [-0.2, -0.15) is 10.2 Å². The molecule has 1 N–H and O–H groups in total. The summed E-state index contributed by atoms with van der Waals surface area (Å²) in [5.41, 5.74) is 4.37. The van der Waals surface area contributed by atoms with Gasteiger partial charge in [-0.05, 0) is 57.6 Å². The third-order valence-electron chi connectivity index (χ3n) is 6.18. The third kappa shape index (κ3) is 3.35. The lowest BCUT2D eigenvalue weighted by Gasteiger charge is -2.31. The van der Waals surface area contributed by atoms with E-state index in [0.717, 1.165) is 48.6 Å². The Kier molecular flexibility index (Phi) is 4.47. The van der Waals surface area contributed by atoms with Crippen molar-refractivity contribution < 1.29 is 4.79 Å². The van der Waals surface area contributed by atoms with Crippen LogP contribution in [-0.4, -0.2) is 50.5 Å². The smallest absolute Gasteiger partial charge is 0.226 e. The van der Waals surface area contributed by atoms with Crippen LogP contribution >= 0.6 is 0 Å². The number of benzene rings is 1. The number of aryl methyl sites for hydroxylation is 1. The van der Waals surface area contributed by atoms with Gasteiger partial charge in [-0.15, -0.1) is 0 Å². The van der Waals surface area contributed by atoms with E-state index >= 15 is 0 Å². The molecular formula is C22H26N6O. The highest BCUT2D eigenvalue weighted by atomic mass is 16.1. The standard InChI is InChI=1S/C22H26N6O/c1-15-3-5-17(6-4-15)27-14-16(12-23-27)19-11-21(29)25-22-20(19)13-24-28(22)18-7-9-26(2)10-8-18/h3-6,12-14,18-19H,7-11H2,1-2H3,(H,25,29). The summed E-state index contributed by atoms with van der Waals surface area (Å²) in [6, 6.07) is 8.61. The molecule has 0 bridgehead atoms. The fourth-order valence-electron chi connectivity index (χ4n) is 4.41. The van der Waals surface area contributed by atoms with E-state index in [0.29, 0.717) is 12.5 Å². The van der Waals surface area contributed by atoms with Crippen molar-refractivity contribution in [3.63, 3.8) is 0 Å². The summed E-state index contributed by atoms with van der Waals surface area (Å²) in [6.45, 7) is 4.18. The van der Waals surface area contributed by atoms with Crippen LogP contribution in [0.1, 0.15) is 47.9 Å². The molecule has 1 unspecified atom stereocenters. The zero-order valence-electron chi connectivity index (χ0n) is 16.9. The molecule has 2 aliphatic heterocycles. The van der Waals surface area contributed by atoms with Crippen molar-refractivity contribution >= 4 is 11.7 Å². The van der Waals surface area contributed by atoms with E-state index in [4.69, 9.17) is 0 Å². The van der Waals surface area contributed by atoms with Crippen LogP contribution in [0.5, 0.6) is 0 Å². The largest absolute Gasteiger partial charge is 0.311 e. The summed E-state index contributed by atoms with van der Waals surface area (Å²) in [5, 5.41) is 12.3. The van der Waals surface area contributed by atoms with E-state index in [2.05, 4.69) is 58.7 Å². The monoisotopic (exact) mass is 390 g/mol. The van der Waals surface area contributed by atoms with Crippen molar-refractivity contribution in [1.29, 1.82) is 0 Å². The summed E-state index contributed by atoms with van der Waals surface area (Å²) in [7, 11) is 2.15. The van der Waals surface area contributed by atoms with E-state index in [1.165, 1.54) is 5.56 Å². The fraction of sp³-hybridized carbons (Fsp3) is 0.409. The zero-order chi connectivity index (χ0) is 20.0. The molecule has 2 aliphatic rings. The minimum atomic E-state index is -0.0158. The molecule has 1 amide bonds. The lowest BCUT2D eigenvalue weighted by Crippen LogP contribution is -2.33. The minimum Gasteiger partial charge on any atom is -0.311 e. The SMILES string of the molecule is Cc1ccc(-n2cc(C3CC(=O)Nc4c3cnn4C3CCN(C)CC3)cn2)cc1. The number of anilines is 1. The topological polar surface area (TPSA) is 68.0 Å². The first kappa shape index (κ1) is 18.1. The molecule has 0 saturated carbocycles. The second-order valence-corrected chi connectivity index (χ2v) is 8.29. The van der Waals surface area contributed by atoms with Crippen molar-refractivity contribution in [2.24, 2.45) is 0 Å². The van der Waals surface area contributed by atoms with Crippen molar-refractivity contribution in [2.45, 2.75) is 38.1 Å². The molecule has 7 nitrogen and oxygen atoms in total. The maximum absolute atomic E-state index is 12.5. The van der Waals surface area contributed by atoms with Crippen molar-refractivity contribution in [3.8, 4) is 5.69 Å². The first-order chi connectivity index (χ1) is 14.1. The van der Waals surface area contributed by atoms with Gasteiger partial charge >= 0.3 is 0 Å². The maximum Gasteiger partial charge on any atom is 0.226 e. The van der Waals surface area contributed by atoms with Gasteiger partial charge in [0.25, 0.3) is 0 Å². The number of fused-ring (bicyclic) bond motifs is 1. The zero-order valence-corrected chi connectivity index (χ0v) is 16.9. The number of piperidine rings is 1. The number of nitrogens with zero attached hydrogens (tertiary/aromatic N) is 5. The predicted molar refractivity (Wildman–Crippen MR) is 111 cm³/mol. The lowest BCUT2D eigenvalue weighted by atomic mass is 9.89. The van der Waals surface area contributed by atoms with Crippen molar-refractivity contribution in [2.75, 3.05) is 25.5 Å². The Morgan fingerprint density at radius 1 is 1.07 bits per heavy atom. The highest BCUT2D eigenvalue weighted by Gasteiger charge is 2.33. The van der Waals surface area contributed by atoms with Gasteiger partial charge in [0.05, 0.1) is 24.1 Å². The number of aromatic nitrogens is 4. The maximum atomic E-state index is 12.5. The van der Waals surface area contributed by atoms with Gasteiger partial charge in [-0.1, -0.05) is 17.7 Å². The van der Waals surface area contributed by atoms with Crippen LogP contribution in [0.3, 0.4) is 0 Å². The molecule has 150 valence electrons. The van der Waals surface area contributed by atoms with E-state index < -0.39 is 0 Å². The molecule has 5 rings (SSSR count). The molecule has 29 heavy (non-hydrogen) atoms. The molecule has 1 fully saturated rings. The van der Waals surface area contributed by atoms with Gasteiger partial charge in [-0.3, -0.25) is 4.79 Å². The van der Waals surface area contributed by atoms with Crippen LogP contribution in [0.4, 0.5) is 5.82 Å². The number of hydrogen-bond donors (Lipinski definition) is 1. The van der Waals surface area contributed by atoms with Crippen LogP contribution in [0.25, 0.3) is 5.69 Å². The van der Waals surface area contributed by atoms with Gasteiger partial charge in [0, 0.05) is 24.1 Å². The number of nitrogens with one attached hydrogen (secondary N) is 1. The Labute approximate surface area is 170 Å². The molecule has 0 aliphatic carbocycles. The van der Waals surface area contributed by atoms with Crippen LogP contribution < -0.4 is 5.32 Å². The second-order valence-electron chi connectivity index (χ2n) is 8.29. The van der Waals surface area contributed by atoms with Gasteiger partial charge in [0.2, 0.25) is 5.91 Å². The number of amides is 1. The summed E-state index contributed by atoms with van der Waals surface area (Å²) in [6.07, 6.45) is 8.37. The Hall–Kier alpha value is -2.93. The highest BCUT2D eigenvalue weighted by Crippen LogP contribution is 2.39. The Morgan fingerprint density at radius 3 is 2.59 bits per heavy atom. The number of carbonyl (C=O) groups excluding carboxylic acids is 1. The van der Waals surface area contributed by atoms with Crippen LogP contribution in [-0.2, 0) is 4.79 Å². The molecule has 1 aromatic carbocycles. The van der Waals surface area contributed by atoms with E-state index in [9.17, 15) is 4.79 Å². The molecule has 3 aromatic rings. The second kappa shape index (κ2) is 7.15. The highest BCUT2D eigenvalue weighted by molar-refractivity contribution is 5.94. The molecule has 7 heteroatoms. The van der Waals surface area contributed by atoms with E-state index in [1.54, 1.807) is 0 Å². The first-order valence-corrected chi connectivity index (χ1v) is 10.3. The normalized spacial score (nSPS) is 20.5. The van der Waals surface area contributed by atoms with Gasteiger partial charge in [0.15, 0.2) is 0 Å². The van der Waals surface area contributed by atoms with Crippen LogP contribution in [0.15, 0.2) is 42.9 Å². The molecule has 1 atom stereocenters. The summed E-state index contributed by atoms with van der Waals surface area (Å²) in [4.78, 5) is 14.9. The van der Waals surface area contributed by atoms with Crippen molar-refractivity contribution in [1.82, 2.24) is 24.5 Å². The first-order valence-electron chi connectivity index (χ1n) is 10.3. The summed E-state index contributed by atoms with van der Waals surface area (Å²) >= 11 is 0. The average Bonchev–Trinajstić information content (AvgIpc) is 3.36. The fourth-order valence-corrected chi connectivity index (χ4v) is 4.41. The number of hydrogen-bond acceptors (Lipinski definition) is 4. The number of likely N-dealkylation sites (tertiary alicyclic amines) is 1. The Balaban J connectivity index is 1.46. The molecule has 1 saturated heterocycles. The van der Waals surface area contributed by atoms with Gasteiger partial charge < -0.3 is 10.2 Å². The minimum absolute atomic E-state index is 0.0158. The molecule has 2 aromatic heterocycles.